The smallest absolute Gasteiger partial charge is 0.418 e. The van der Waals surface area contributed by atoms with Crippen LogP contribution in [-0.4, -0.2) is 10.8 Å². The summed E-state index contributed by atoms with van der Waals surface area (Å²) in [5, 5.41) is 24.5. The number of hydrogen-bond donors (Lipinski definition) is 1. The number of nitrogens with one attached hydrogen (secondary N) is 1. The summed E-state index contributed by atoms with van der Waals surface area (Å²) in [6.07, 6.45) is -3.75. The van der Waals surface area contributed by atoms with Gasteiger partial charge in [-0.25, -0.2) is 0 Å². The van der Waals surface area contributed by atoms with Gasteiger partial charge in [-0.05, 0) is 46.2 Å². The molecule has 0 atom stereocenters. The normalized spacial score (nSPS) is 11.6. The number of nitriles is 1. The molecule has 0 aliphatic heterocycles. The van der Waals surface area contributed by atoms with Gasteiger partial charge in [-0.15, -0.1) is 0 Å². The van der Waals surface area contributed by atoms with E-state index >= 15 is 0 Å². The molecule has 0 unspecified atom stereocenters. The van der Waals surface area contributed by atoms with Crippen molar-refractivity contribution in [1.29, 1.82) is 5.26 Å². The number of nitrogens with zero attached hydrogens (tertiary/aromatic N) is 2. The topological polar surface area (TPSA) is 105 Å². The molecular formula is C28H18F3N3O4. The molecule has 0 heterocycles. The minimum atomic E-state index is -4.97. The molecule has 0 aliphatic carbocycles. The first-order chi connectivity index (χ1) is 18.2. The van der Waals surface area contributed by atoms with Crippen LogP contribution in [0.3, 0.4) is 0 Å². The molecule has 0 aromatic heterocycles. The minimum absolute atomic E-state index is 0.319. The van der Waals surface area contributed by atoms with Gasteiger partial charge in [0, 0.05) is 12.1 Å². The fraction of sp³-hybridized carbons (Fsp3) is 0.0714. The van der Waals surface area contributed by atoms with Crippen LogP contribution < -0.4 is 10.1 Å². The summed E-state index contributed by atoms with van der Waals surface area (Å²) in [7, 11) is 0. The predicted molar refractivity (Wildman–Crippen MR) is 135 cm³/mol. The van der Waals surface area contributed by atoms with Crippen molar-refractivity contribution in [3.63, 3.8) is 0 Å². The Morgan fingerprint density at radius 2 is 1.74 bits per heavy atom. The average Bonchev–Trinajstić information content (AvgIpc) is 2.90. The Kier molecular flexibility index (Phi) is 7.39. The highest BCUT2D eigenvalue weighted by Gasteiger charge is 2.35. The van der Waals surface area contributed by atoms with Crippen molar-refractivity contribution in [3.8, 4) is 11.8 Å². The van der Waals surface area contributed by atoms with E-state index in [1.807, 2.05) is 47.8 Å². The summed E-state index contributed by atoms with van der Waals surface area (Å²) in [6.45, 7) is 0.319. The molecule has 0 bridgehead atoms. The Balaban J connectivity index is 1.48. The zero-order valence-corrected chi connectivity index (χ0v) is 19.5. The second-order valence-electron chi connectivity index (χ2n) is 8.10. The van der Waals surface area contributed by atoms with Gasteiger partial charge in [0.15, 0.2) is 0 Å². The van der Waals surface area contributed by atoms with Crippen LogP contribution in [-0.2, 0) is 17.6 Å². The third-order valence-electron chi connectivity index (χ3n) is 5.60. The number of non-ortho nitro benzene ring substituents is 1. The molecule has 0 aliphatic rings. The highest BCUT2D eigenvalue weighted by Crippen LogP contribution is 2.37. The Bertz CT molecular complexity index is 1580. The maximum absolute atomic E-state index is 13.4. The molecule has 1 N–H and O–H groups in total. The Hall–Kier alpha value is -5.17. The average molecular weight is 517 g/mol. The van der Waals surface area contributed by atoms with E-state index in [1.54, 1.807) is 30.3 Å². The van der Waals surface area contributed by atoms with Crippen LogP contribution in [0.25, 0.3) is 16.8 Å². The van der Waals surface area contributed by atoms with Gasteiger partial charge < -0.3 is 10.1 Å². The van der Waals surface area contributed by atoms with Crippen molar-refractivity contribution in [2.24, 2.45) is 0 Å². The van der Waals surface area contributed by atoms with E-state index in [9.17, 15) is 33.3 Å². The van der Waals surface area contributed by atoms with Gasteiger partial charge in [-0.3, -0.25) is 14.9 Å². The molecule has 0 fully saturated rings. The standard InChI is InChI=1S/C28H18F3N3O4/c29-28(30,31)25-15-22(34(36)37)10-13-26(25)33-27(35)21(16-32)14-18-8-11-23(12-9-18)38-17-20-6-3-5-19-4-1-2-7-24(19)20/h1-15H,17H2,(H,33,35)/b21-14+. The van der Waals surface area contributed by atoms with Crippen LogP contribution in [0.5, 0.6) is 5.75 Å². The van der Waals surface area contributed by atoms with Crippen molar-refractivity contribution in [2.75, 3.05) is 5.32 Å². The van der Waals surface area contributed by atoms with Gasteiger partial charge in [0.25, 0.3) is 11.6 Å². The molecule has 0 saturated heterocycles. The van der Waals surface area contributed by atoms with Crippen molar-refractivity contribution < 1.29 is 27.6 Å². The Morgan fingerprint density at radius 1 is 1.03 bits per heavy atom. The van der Waals surface area contributed by atoms with Gasteiger partial charge in [-0.1, -0.05) is 54.6 Å². The van der Waals surface area contributed by atoms with Crippen LogP contribution in [0.2, 0.25) is 0 Å². The van der Waals surface area contributed by atoms with E-state index in [0.717, 1.165) is 28.5 Å². The van der Waals surface area contributed by atoms with Gasteiger partial charge in [0.05, 0.1) is 16.2 Å². The number of benzene rings is 4. The van der Waals surface area contributed by atoms with Gasteiger partial charge >= 0.3 is 6.18 Å². The lowest BCUT2D eigenvalue weighted by molar-refractivity contribution is -0.385. The minimum Gasteiger partial charge on any atom is -0.489 e. The maximum Gasteiger partial charge on any atom is 0.418 e. The van der Waals surface area contributed by atoms with E-state index < -0.39 is 39.5 Å². The molecule has 38 heavy (non-hydrogen) atoms. The predicted octanol–water partition coefficient (Wildman–Crippen LogP) is 6.89. The third kappa shape index (κ3) is 5.96. The highest BCUT2D eigenvalue weighted by atomic mass is 19.4. The number of ether oxygens (including phenoxy) is 1. The number of carbonyl (C=O) groups excluding carboxylic acids is 1. The fourth-order valence-electron chi connectivity index (χ4n) is 3.73. The second-order valence-corrected chi connectivity index (χ2v) is 8.10. The van der Waals surface area contributed by atoms with Gasteiger partial charge in [0.1, 0.15) is 24.0 Å². The first-order valence-electron chi connectivity index (χ1n) is 11.1. The lowest BCUT2D eigenvalue weighted by atomic mass is 10.1. The first-order valence-corrected chi connectivity index (χ1v) is 11.1. The number of alkyl halides is 3. The largest absolute Gasteiger partial charge is 0.489 e. The quantitative estimate of drug-likeness (QED) is 0.124. The molecule has 0 saturated carbocycles. The molecule has 4 aromatic rings. The molecule has 1 amide bonds. The van der Waals surface area contributed by atoms with Crippen LogP contribution in [0, 0.1) is 21.4 Å². The molecule has 4 rings (SSSR count). The number of amides is 1. The lowest BCUT2D eigenvalue weighted by Crippen LogP contribution is -2.18. The third-order valence-corrected chi connectivity index (χ3v) is 5.60. The van der Waals surface area contributed by atoms with E-state index in [-0.39, 0.29) is 0 Å². The summed E-state index contributed by atoms with van der Waals surface area (Å²) in [6, 6.07) is 23.9. The molecular weight excluding hydrogens is 499 g/mol. The van der Waals surface area contributed by atoms with Crippen molar-refractivity contribution in [3.05, 3.63) is 117 Å². The van der Waals surface area contributed by atoms with Gasteiger partial charge in [0.2, 0.25) is 0 Å². The Labute approximate surface area is 214 Å². The lowest BCUT2D eigenvalue weighted by Gasteiger charge is -2.13. The summed E-state index contributed by atoms with van der Waals surface area (Å²) in [4.78, 5) is 22.4. The zero-order chi connectivity index (χ0) is 27.3. The van der Waals surface area contributed by atoms with E-state index in [4.69, 9.17) is 4.74 Å². The summed E-state index contributed by atoms with van der Waals surface area (Å²) in [5.41, 5.74) is -1.90. The van der Waals surface area contributed by atoms with E-state index in [0.29, 0.717) is 24.0 Å². The molecule has 4 aromatic carbocycles. The van der Waals surface area contributed by atoms with Crippen LogP contribution in [0.15, 0.2) is 90.5 Å². The number of fused-ring (bicyclic) bond motifs is 1. The number of carbonyl (C=O) groups is 1. The SMILES string of the molecule is N#C/C(=C\c1ccc(OCc2cccc3ccccc23)cc1)C(=O)Nc1ccc([N+](=O)[O-])cc1C(F)(F)F. The molecule has 10 heteroatoms. The van der Waals surface area contributed by atoms with E-state index in [2.05, 4.69) is 0 Å². The van der Waals surface area contributed by atoms with Gasteiger partial charge in [-0.2, -0.15) is 18.4 Å². The fourth-order valence-corrected chi connectivity index (χ4v) is 3.73. The van der Waals surface area contributed by atoms with Crippen molar-refractivity contribution in [2.45, 2.75) is 12.8 Å². The number of nitro groups is 1. The molecule has 0 spiro atoms. The number of halogens is 3. The molecule has 0 radical (unpaired) electrons. The highest BCUT2D eigenvalue weighted by molar-refractivity contribution is 6.10. The van der Waals surface area contributed by atoms with E-state index in [1.165, 1.54) is 6.08 Å². The van der Waals surface area contributed by atoms with Crippen molar-refractivity contribution >= 4 is 34.1 Å². The summed E-state index contributed by atoms with van der Waals surface area (Å²) < 4.78 is 46.0. The summed E-state index contributed by atoms with van der Waals surface area (Å²) in [5.74, 6) is -0.554. The number of rotatable bonds is 7. The second kappa shape index (κ2) is 10.8. The number of nitro benzene ring substituents is 1. The zero-order valence-electron chi connectivity index (χ0n) is 19.5. The number of hydrogen-bond acceptors (Lipinski definition) is 5. The van der Waals surface area contributed by atoms with Crippen LogP contribution in [0.4, 0.5) is 24.5 Å². The van der Waals surface area contributed by atoms with Crippen LogP contribution >= 0.6 is 0 Å². The maximum atomic E-state index is 13.4. The number of anilines is 1. The first kappa shape index (κ1) is 25.9. The van der Waals surface area contributed by atoms with Crippen LogP contribution in [0.1, 0.15) is 16.7 Å². The monoisotopic (exact) mass is 517 g/mol. The Morgan fingerprint density at radius 3 is 2.42 bits per heavy atom. The van der Waals surface area contributed by atoms with Crippen molar-refractivity contribution in [1.82, 2.24) is 0 Å². The molecule has 7 nitrogen and oxygen atoms in total. The molecule has 190 valence electrons. The summed E-state index contributed by atoms with van der Waals surface area (Å²) >= 11 is 0.